The molecule has 0 atom stereocenters. The second-order valence-corrected chi connectivity index (χ2v) is 8.18. The minimum absolute atomic E-state index is 0.132. The van der Waals surface area contributed by atoms with E-state index < -0.39 is 0 Å². The first-order chi connectivity index (χ1) is 14.9. The molecule has 1 heterocycles. The second-order valence-electron chi connectivity index (χ2n) is 7.24. The number of nitrogens with one attached hydrogen (secondary N) is 1. The van der Waals surface area contributed by atoms with Crippen molar-refractivity contribution in [3.8, 4) is 11.5 Å². The minimum Gasteiger partial charge on any atom is -0.495 e. The number of rotatable bonds is 9. The number of anilines is 1. The van der Waals surface area contributed by atoms with Gasteiger partial charge in [-0.05, 0) is 62.6 Å². The highest BCUT2D eigenvalue weighted by molar-refractivity contribution is 7.99. The van der Waals surface area contributed by atoms with E-state index in [-0.39, 0.29) is 11.7 Å². The van der Waals surface area contributed by atoms with Crippen LogP contribution >= 0.6 is 11.8 Å². The normalized spacial score (nSPS) is 10.7. The molecule has 0 aliphatic heterocycles. The molecular formula is C23H28N4O3S. The van der Waals surface area contributed by atoms with Crippen molar-refractivity contribution in [1.29, 1.82) is 0 Å². The van der Waals surface area contributed by atoms with E-state index in [2.05, 4.69) is 21.6 Å². The van der Waals surface area contributed by atoms with Gasteiger partial charge in [-0.2, -0.15) is 0 Å². The fourth-order valence-electron chi connectivity index (χ4n) is 3.09. The molecule has 0 spiro atoms. The number of carbonyl (C=O) groups excluding carboxylic acids is 1. The predicted octanol–water partition coefficient (Wildman–Crippen LogP) is 4.54. The van der Waals surface area contributed by atoms with Crippen LogP contribution in [0, 0.1) is 20.8 Å². The Labute approximate surface area is 187 Å². The summed E-state index contributed by atoms with van der Waals surface area (Å²) in [5.74, 6) is 2.28. The molecule has 0 saturated heterocycles. The predicted molar refractivity (Wildman–Crippen MR) is 123 cm³/mol. The number of methoxy groups -OCH3 is 1. The fourth-order valence-corrected chi connectivity index (χ4v) is 3.91. The average molecular weight is 441 g/mol. The van der Waals surface area contributed by atoms with Gasteiger partial charge in [-0.15, -0.1) is 10.2 Å². The Morgan fingerprint density at radius 2 is 1.81 bits per heavy atom. The van der Waals surface area contributed by atoms with Crippen LogP contribution in [0.5, 0.6) is 11.5 Å². The Morgan fingerprint density at radius 3 is 2.55 bits per heavy atom. The first kappa shape index (κ1) is 22.7. The van der Waals surface area contributed by atoms with Gasteiger partial charge < -0.3 is 19.4 Å². The molecule has 1 N–H and O–H groups in total. The summed E-state index contributed by atoms with van der Waals surface area (Å²) in [7, 11) is 1.58. The largest absolute Gasteiger partial charge is 0.495 e. The number of aromatic nitrogens is 3. The van der Waals surface area contributed by atoms with Crippen molar-refractivity contribution in [2.45, 2.75) is 46.0 Å². The van der Waals surface area contributed by atoms with Gasteiger partial charge in [-0.3, -0.25) is 4.79 Å². The summed E-state index contributed by atoms with van der Waals surface area (Å²) < 4.78 is 13.3. The van der Waals surface area contributed by atoms with Gasteiger partial charge in [0.2, 0.25) is 5.91 Å². The molecule has 164 valence electrons. The average Bonchev–Trinajstić information content (AvgIpc) is 3.15. The fraction of sp³-hybridized carbons (Fsp3) is 0.348. The Bertz CT molecular complexity index is 1060. The van der Waals surface area contributed by atoms with Crippen LogP contribution in [0.15, 0.2) is 41.6 Å². The van der Waals surface area contributed by atoms with Crippen LogP contribution in [0.4, 0.5) is 5.69 Å². The SMILES string of the molecule is CCn1c(COc2cc(C)ccc2C)nnc1SCC(=O)Nc1cc(C)ccc1OC. The summed E-state index contributed by atoms with van der Waals surface area (Å²) in [6, 6.07) is 11.8. The van der Waals surface area contributed by atoms with Gasteiger partial charge in [-0.25, -0.2) is 0 Å². The van der Waals surface area contributed by atoms with E-state index in [4.69, 9.17) is 9.47 Å². The molecule has 0 unspecified atom stereocenters. The maximum absolute atomic E-state index is 12.5. The van der Waals surface area contributed by atoms with E-state index >= 15 is 0 Å². The quantitative estimate of drug-likeness (QED) is 0.492. The van der Waals surface area contributed by atoms with Crippen molar-refractivity contribution in [3.05, 3.63) is 58.9 Å². The maximum Gasteiger partial charge on any atom is 0.234 e. The van der Waals surface area contributed by atoms with Gasteiger partial charge in [-0.1, -0.05) is 30.0 Å². The van der Waals surface area contributed by atoms with E-state index in [1.165, 1.54) is 11.8 Å². The summed E-state index contributed by atoms with van der Waals surface area (Å²) in [5.41, 5.74) is 3.92. The number of amides is 1. The molecule has 31 heavy (non-hydrogen) atoms. The lowest BCUT2D eigenvalue weighted by atomic mass is 10.1. The van der Waals surface area contributed by atoms with Crippen molar-refractivity contribution < 1.29 is 14.3 Å². The van der Waals surface area contributed by atoms with Crippen molar-refractivity contribution in [3.63, 3.8) is 0 Å². The molecule has 1 amide bonds. The Morgan fingerprint density at radius 1 is 1.06 bits per heavy atom. The topological polar surface area (TPSA) is 78.3 Å². The van der Waals surface area contributed by atoms with Crippen LogP contribution in [-0.2, 0) is 17.9 Å². The summed E-state index contributed by atoms with van der Waals surface area (Å²) in [6.07, 6.45) is 0. The lowest BCUT2D eigenvalue weighted by Crippen LogP contribution is -2.15. The highest BCUT2D eigenvalue weighted by Crippen LogP contribution is 2.26. The number of nitrogens with zero attached hydrogens (tertiary/aromatic N) is 3. The molecule has 0 aliphatic carbocycles. The second kappa shape index (κ2) is 10.3. The Hall–Kier alpha value is -3.00. The third-order valence-corrected chi connectivity index (χ3v) is 5.74. The van der Waals surface area contributed by atoms with Gasteiger partial charge in [0.05, 0.1) is 18.6 Å². The van der Waals surface area contributed by atoms with Crippen molar-refractivity contribution >= 4 is 23.4 Å². The van der Waals surface area contributed by atoms with Crippen LogP contribution in [0.2, 0.25) is 0 Å². The summed E-state index contributed by atoms with van der Waals surface area (Å²) in [4.78, 5) is 12.5. The first-order valence-electron chi connectivity index (χ1n) is 10.1. The highest BCUT2D eigenvalue weighted by Gasteiger charge is 2.15. The van der Waals surface area contributed by atoms with Crippen molar-refractivity contribution in [2.75, 3.05) is 18.2 Å². The highest BCUT2D eigenvalue weighted by atomic mass is 32.2. The molecule has 7 nitrogen and oxygen atoms in total. The minimum atomic E-state index is -0.132. The molecule has 3 rings (SSSR count). The van der Waals surface area contributed by atoms with Crippen LogP contribution in [-0.4, -0.2) is 33.5 Å². The van der Waals surface area contributed by atoms with Gasteiger partial charge >= 0.3 is 0 Å². The standard InChI is InChI=1S/C23H28N4O3S/c1-6-27-21(13-30-20-12-16(3)7-9-17(20)4)25-26-23(27)31-14-22(28)24-18-11-15(2)8-10-19(18)29-5/h7-12H,6,13-14H2,1-5H3,(H,24,28). The number of hydrogen-bond donors (Lipinski definition) is 1. The third-order valence-electron chi connectivity index (χ3n) is 4.77. The molecule has 2 aromatic carbocycles. The zero-order valence-electron chi connectivity index (χ0n) is 18.6. The van der Waals surface area contributed by atoms with Gasteiger partial charge in [0, 0.05) is 6.54 Å². The van der Waals surface area contributed by atoms with Crippen LogP contribution in [0.25, 0.3) is 0 Å². The number of thioether (sulfide) groups is 1. The smallest absolute Gasteiger partial charge is 0.234 e. The first-order valence-corrected chi connectivity index (χ1v) is 11.1. The van der Waals surface area contributed by atoms with Crippen molar-refractivity contribution in [1.82, 2.24) is 14.8 Å². The van der Waals surface area contributed by atoms with Crippen LogP contribution in [0.3, 0.4) is 0 Å². The molecule has 1 aromatic heterocycles. The van der Waals surface area contributed by atoms with E-state index in [1.807, 2.05) is 62.6 Å². The summed E-state index contributed by atoms with van der Waals surface area (Å²) in [5, 5.41) is 12.1. The Kier molecular flexibility index (Phi) is 7.57. The molecular weight excluding hydrogens is 412 g/mol. The zero-order chi connectivity index (χ0) is 22.4. The summed E-state index contributed by atoms with van der Waals surface area (Å²) in [6.45, 7) is 9.05. The van der Waals surface area contributed by atoms with Gasteiger partial charge in [0.1, 0.15) is 18.1 Å². The number of carbonyl (C=O) groups is 1. The lowest BCUT2D eigenvalue weighted by molar-refractivity contribution is -0.113. The number of hydrogen-bond acceptors (Lipinski definition) is 6. The monoisotopic (exact) mass is 440 g/mol. The van der Waals surface area contributed by atoms with E-state index in [0.717, 1.165) is 28.3 Å². The Balaban J connectivity index is 1.62. The van der Waals surface area contributed by atoms with E-state index in [0.29, 0.717) is 29.7 Å². The van der Waals surface area contributed by atoms with Crippen LogP contribution in [0.1, 0.15) is 29.4 Å². The number of benzene rings is 2. The van der Waals surface area contributed by atoms with E-state index in [1.54, 1.807) is 7.11 Å². The lowest BCUT2D eigenvalue weighted by Gasteiger charge is -2.12. The molecule has 0 bridgehead atoms. The van der Waals surface area contributed by atoms with E-state index in [9.17, 15) is 4.79 Å². The molecule has 8 heteroatoms. The van der Waals surface area contributed by atoms with Gasteiger partial charge in [0.15, 0.2) is 11.0 Å². The molecule has 0 radical (unpaired) electrons. The summed E-state index contributed by atoms with van der Waals surface area (Å²) >= 11 is 1.35. The molecule has 3 aromatic rings. The third kappa shape index (κ3) is 5.79. The number of ether oxygens (including phenoxy) is 2. The molecule has 0 fully saturated rings. The molecule has 0 saturated carbocycles. The number of aryl methyl sites for hydroxylation is 3. The zero-order valence-corrected chi connectivity index (χ0v) is 19.4. The van der Waals surface area contributed by atoms with Crippen molar-refractivity contribution in [2.24, 2.45) is 0 Å². The van der Waals surface area contributed by atoms with Gasteiger partial charge in [0.25, 0.3) is 0 Å². The maximum atomic E-state index is 12.5. The van der Waals surface area contributed by atoms with Crippen LogP contribution < -0.4 is 14.8 Å². The molecule has 0 aliphatic rings.